The van der Waals surface area contributed by atoms with Gasteiger partial charge in [-0.3, -0.25) is 0 Å². The molecule has 0 fully saturated rings. The van der Waals surface area contributed by atoms with E-state index in [0.29, 0.717) is 10.1 Å². The van der Waals surface area contributed by atoms with Gasteiger partial charge in [0.1, 0.15) is 5.76 Å². The number of ether oxygens (including phenoxy) is 1. The van der Waals surface area contributed by atoms with Crippen molar-refractivity contribution >= 4 is 31.9 Å². The highest BCUT2D eigenvalue weighted by molar-refractivity contribution is 9.12. The maximum absolute atomic E-state index is 9.48. The Kier molecular flexibility index (Phi) is 8.42. The van der Waals surface area contributed by atoms with E-state index in [1.165, 1.54) is 4.99 Å². The summed E-state index contributed by atoms with van der Waals surface area (Å²) in [6.45, 7) is 1.89. The van der Waals surface area contributed by atoms with Crippen LogP contribution in [0.3, 0.4) is 0 Å². The summed E-state index contributed by atoms with van der Waals surface area (Å²) in [6, 6.07) is 0. The molecule has 0 aliphatic rings. The maximum Gasteiger partial charge on any atom is 0.136 e. The average Bonchev–Trinajstić information content (AvgIpc) is 2.27. The number of aliphatic hydroxyl groups excluding tert-OH is 2. The fourth-order valence-corrected chi connectivity index (χ4v) is 2.25. The minimum Gasteiger partial charge on any atom is -0.506 e. The van der Waals surface area contributed by atoms with Crippen LogP contribution < -0.4 is 0 Å². The van der Waals surface area contributed by atoms with Crippen LogP contribution >= 0.6 is 31.9 Å². The molecule has 3 nitrogen and oxygen atoms in total. The van der Waals surface area contributed by atoms with Crippen LogP contribution in [0.2, 0.25) is 0 Å². The molecule has 0 aromatic heterocycles. The Labute approximate surface area is 107 Å². The lowest BCUT2D eigenvalue weighted by molar-refractivity contribution is 0.111. The van der Waals surface area contributed by atoms with Crippen LogP contribution in [0, 0.1) is 0 Å². The number of aliphatic hydroxyl groups is 2. The molecule has 1 unspecified atom stereocenters. The van der Waals surface area contributed by atoms with Gasteiger partial charge in [-0.25, -0.2) is 0 Å². The van der Waals surface area contributed by atoms with Crippen molar-refractivity contribution in [3.63, 3.8) is 0 Å². The van der Waals surface area contributed by atoms with E-state index < -0.39 is 0 Å². The summed E-state index contributed by atoms with van der Waals surface area (Å²) in [7, 11) is 1.59. The van der Waals surface area contributed by atoms with Gasteiger partial charge in [-0.1, -0.05) is 29.3 Å². The number of methoxy groups -OCH3 is 1. The van der Waals surface area contributed by atoms with Crippen molar-refractivity contribution < 1.29 is 14.9 Å². The second-order valence-corrected chi connectivity index (χ2v) is 4.26. The average molecular weight is 344 g/mol. The first-order chi connectivity index (χ1) is 7.12. The van der Waals surface area contributed by atoms with Crippen molar-refractivity contribution in [2.45, 2.75) is 25.9 Å². The third kappa shape index (κ3) is 4.68. The highest BCUT2D eigenvalue weighted by Gasteiger charge is 2.17. The molecule has 0 aliphatic heterocycles. The molecule has 0 saturated carbocycles. The van der Waals surface area contributed by atoms with Gasteiger partial charge in [0.25, 0.3) is 0 Å². The van der Waals surface area contributed by atoms with Crippen LogP contribution in [-0.4, -0.2) is 30.0 Å². The highest BCUT2D eigenvalue weighted by Crippen LogP contribution is 2.25. The van der Waals surface area contributed by atoms with E-state index >= 15 is 0 Å². The summed E-state index contributed by atoms with van der Waals surface area (Å²) in [5.74, 6) is 0.0391. The lowest BCUT2D eigenvalue weighted by Crippen LogP contribution is -2.17. The summed E-state index contributed by atoms with van der Waals surface area (Å²) < 4.78 is 5.73. The van der Waals surface area contributed by atoms with Crippen molar-refractivity contribution in [1.82, 2.24) is 0 Å². The molecule has 0 aromatic rings. The van der Waals surface area contributed by atoms with Crippen molar-refractivity contribution in [2.24, 2.45) is 0 Å². The summed E-state index contributed by atoms with van der Waals surface area (Å²) in [5.41, 5.74) is 0.646. The highest BCUT2D eigenvalue weighted by atomic mass is 79.9. The van der Waals surface area contributed by atoms with Crippen LogP contribution in [0.5, 0.6) is 0 Å². The molecule has 1 atom stereocenters. The first-order valence-electron chi connectivity index (χ1n) is 4.64. The molecule has 0 heterocycles. The molecule has 0 bridgehead atoms. The van der Waals surface area contributed by atoms with E-state index in [2.05, 4.69) is 31.9 Å². The number of hydrogen-bond acceptors (Lipinski definition) is 3. The molecule has 15 heavy (non-hydrogen) atoms. The van der Waals surface area contributed by atoms with Crippen molar-refractivity contribution in [1.29, 1.82) is 0 Å². The Bertz CT molecular complexity index is 249. The Balaban J connectivity index is 4.99. The van der Waals surface area contributed by atoms with Gasteiger partial charge in [0.15, 0.2) is 0 Å². The molecule has 2 N–H and O–H groups in total. The second kappa shape index (κ2) is 8.33. The van der Waals surface area contributed by atoms with Gasteiger partial charge in [-0.2, -0.15) is 0 Å². The van der Waals surface area contributed by atoms with E-state index in [-0.39, 0.29) is 18.5 Å². The Morgan fingerprint density at radius 1 is 1.53 bits per heavy atom. The molecule has 0 spiro atoms. The molecular weight excluding hydrogens is 328 g/mol. The van der Waals surface area contributed by atoms with Crippen LogP contribution in [0.25, 0.3) is 0 Å². The van der Waals surface area contributed by atoms with Crippen LogP contribution in [0.15, 0.2) is 20.8 Å². The Hall–Kier alpha value is 0.160. The first-order valence-corrected chi connectivity index (χ1v) is 6.35. The first kappa shape index (κ1) is 15.2. The normalized spacial score (nSPS) is 16.2. The fourth-order valence-electron chi connectivity index (χ4n) is 1.22. The largest absolute Gasteiger partial charge is 0.506 e. The zero-order valence-corrected chi connectivity index (χ0v) is 12.0. The standard InChI is InChI=1S/C10H16Br2O3/c1-3-4-9(15-2)7(6-13)10(12)8(14)5-11/h5,9,13-14H,3-4,6H2,1-2H3/b8-5-,10-7-. The Morgan fingerprint density at radius 3 is 2.47 bits per heavy atom. The molecule has 0 radical (unpaired) electrons. The molecule has 0 saturated heterocycles. The van der Waals surface area contributed by atoms with E-state index in [0.717, 1.165) is 12.8 Å². The summed E-state index contributed by atoms with van der Waals surface area (Å²) in [6.07, 6.45) is 1.57. The SMILES string of the molecule is CCCC(OC)/C(CO)=C(Br)/C(O)=C/Br. The van der Waals surface area contributed by atoms with E-state index in [1.807, 2.05) is 6.92 Å². The third-order valence-corrected chi connectivity index (χ3v) is 3.35. The minimum atomic E-state index is -0.177. The van der Waals surface area contributed by atoms with Crippen LogP contribution in [-0.2, 0) is 4.74 Å². The lowest BCUT2D eigenvalue weighted by atomic mass is 10.1. The smallest absolute Gasteiger partial charge is 0.136 e. The van der Waals surface area contributed by atoms with Crippen molar-refractivity contribution in [3.05, 3.63) is 20.8 Å². The number of halogens is 2. The van der Waals surface area contributed by atoms with Gasteiger partial charge < -0.3 is 14.9 Å². The zero-order valence-electron chi connectivity index (χ0n) is 8.83. The quantitative estimate of drug-likeness (QED) is 0.575. The fraction of sp³-hybridized carbons (Fsp3) is 0.600. The van der Waals surface area contributed by atoms with E-state index in [9.17, 15) is 10.2 Å². The number of allylic oxidation sites excluding steroid dienone is 1. The second-order valence-electron chi connectivity index (χ2n) is 3.00. The van der Waals surface area contributed by atoms with Gasteiger partial charge in [-0.05, 0) is 22.4 Å². The molecule has 0 rings (SSSR count). The molecule has 0 aromatic carbocycles. The number of hydrogen-bond donors (Lipinski definition) is 2. The van der Waals surface area contributed by atoms with Crippen molar-refractivity contribution in [2.75, 3.05) is 13.7 Å². The molecule has 5 heteroatoms. The minimum absolute atomic E-state index is 0.0391. The predicted molar refractivity (Wildman–Crippen MR) is 68.4 cm³/mol. The molecule has 0 aliphatic carbocycles. The van der Waals surface area contributed by atoms with E-state index in [4.69, 9.17) is 4.74 Å². The van der Waals surface area contributed by atoms with Gasteiger partial charge in [-0.15, -0.1) is 0 Å². The van der Waals surface area contributed by atoms with Crippen molar-refractivity contribution in [3.8, 4) is 0 Å². The van der Waals surface area contributed by atoms with Crippen LogP contribution in [0.4, 0.5) is 0 Å². The van der Waals surface area contributed by atoms with Gasteiger partial charge in [0.05, 0.1) is 17.2 Å². The molecule has 0 amide bonds. The third-order valence-electron chi connectivity index (χ3n) is 2.00. The van der Waals surface area contributed by atoms with Gasteiger partial charge in [0.2, 0.25) is 0 Å². The predicted octanol–water partition coefficient (Wildman–Crippen LogP) is 3.24. The molecular formula is C10H16Br2O3. The Morgan fingerprint density at radius 2 is 2.13 bits per heavy atom. The topological polar surface area (TPSA) is 49.7 Å². The lowest BCUT2D eigenvalue weighted by Gasteiger charge is -2.18. The summed E-state index contributed by atoms with van der Waals surface area (Å²) in [5, 5.41) is 18.7. The number of rotatable bonds is 6. The zero-order chi connectivity index (χ0) is 11.8. The van der Waals surface area contributed by atoms with Gasteiger partial charge in [0, 0.05) is 17.7 Å². The monoisotopic (exact) mass is 342 g/mol. The maximum atomic E-state index is 9.48. The van der Waals surface area contributed by atoms with Crippen LogP contribution in [0.1, 0.15) is 19.8 Å². The van der Waals surface area contributed by atoms with E-state index in [1.54, 1.807) is 7.11 Å². The molecule has 88 valence electrons. The summed E-state index contributed by atoms with van der Waals surface area (Å²) in [4.78, 5) is 1.38. The van der Waals surface area contributed by atoms with Gasteiger partial charge >= 0.3 is 0 Å². The summed E-state index contributed by atoms with van der Waals surface area (Å²) >= 11 is 6.26.